The van der Waals surface area contributed by atoms with Crippen LogP contribution < -0.4 is 9.47 Å². The van der Waals surface area contributed by atoms with E-state index >= 15 is 0 Å². The molecule has 1 aliphatic rings. The lowest BCUT2D eigenvalue weighted by molar-refractivity contribution is -0.121. The minimum atomic E-state index is -0.0512. The SMILES string of the molecule is CCN1C(=O)/C(=C/c2ccccc2OCCOc2ccccc2)SC1=S. The summed E-state index contributed by atoms with van der Waals surface area (Å²) in [4.78, 5) is 14.6. The van der Waals surface area contributed by atoms with Gasteiger partial charge in [-0.05, 0) is 31.2 Å². The standard InChI is InChI=1S/C20H19NO3S2/c1-2-21-19(22)18(26-20(21)25)14-15-8-6-7-11-17(15)24-13-12-23-16-9-4-3-5-10-16/h3-11,14H,2,12-13H2,1H3/b18-14-. The summed E-state index contributed by atoms with van der Waals surface area (Å²) in [6, 6.07) is 17.2. The van der Waals surface area contributed by atoms with Crippen molar-refractivity contribution in [2.45, 2.75) is 6.92 Å². The monoisotopic (exact) mass is 385 g/mol. The van der Waals surface area contributed by atoms with Crippen molar-refractivity contribution in [2.75, 3.05) is 19.8 Å². The largest absolute Gasteiger partial charge is 0.490 e. The summed E-state index contributed by atoms with van der Waals surface area (Å²) in [5.74, 6) is 1.48. The van der Waals surface area contributed by atoms with Gasteiger partial charge in [-0.1, -0.05) is 60.4 Å². The van der Waals surface area contributed by atoms with Gasteiger partial charge in [0.1, 0.15) is 29.0 Å². The van der Waals surface area contributed by atoms with E-state index in [0.29, 0.717) is 34.7 Å². The van der Waals surface area contributed by atoms with E-state index in [1.54, 1.807) is 4.90 Å². The van der Waals surface area contributed by atoms with E-state index in [1.807, 2.05) is 67.6 Å². The molecule has 134 valence electrons. The van der Waals surface area contributed by atoms with Gasteiger partial charge in [-0.25, -0.2) is 0 Å². The molecule has 4 nitrogen and oxygen atoms in total. The third-order valence-electron chi connectivity index (χ3n) is 3.75. The van der Waals surface area contributed by atoms with E-state index in [0.717, 1.165) is 11.3 Å². The lowest BCUT2D eigenvalue weighted by atomic mass is 10.2. The van der Waals surface area contributed by atoms with Crippen molar-refractivity contribution < 1.29 is 14.3 Å². The van der Waals surface area contributed by atoms with Gasteiger partial charge in [0, 0.05) is 12.1 Å². The van der Waals surface area contributed by atoms with E-state index in [2.05, 4.69) is 0 Å². The second-order valence-electron chi connectivity index (χ2n) is 5.47. The van der Waals surface area contributed by atoms with E-state index in [-0.39, 0.29) is 5.91 Å². The number of para-hydroxylation sites is 2. The molecule has 0 aliphatic carbocycles. The van der Waals surface area contributed by atoms with Gasteiger partial charge in [0.05, 0.1) is 4.91 Å². The van der Waals surface area contributed by atoms with Crippen molar-refractivity contribution in [3.63, 3.8) is 0 Å². The zero-order valence-corrected chi connectivity index (χ0v) is 16.0. The number of thiocarbonyl (C=S) groups is 1. The highest BCUT2D eigenvalue weighted by Gasteiger charge is 2.30. The van der Waals surface area contributed by atoms with Gasteiger partial charge >= 0.3 is 0 Å². The number of rotatable bonds is 7. The molecule has 0 spiro atoms. The van der Waals surface area contributed by atoms with Gasteiger partial charge in [-0.15, -0.1) is 0 Å². The van der Waals surface area contributed by atoms with Gasteiger partial charge in [0.15, 0.2) is 0 Å². The van der Waals surface area contributed by atoms with Gasteiger partial charge < -0.3 is 9.47 Å². The minimum absolute atomic E-state index is 0.0512. The van der Waals surface area contributed by atoms with E-state index < -0.39 is 0 Å². The van der Waals surface area contributed by atoms with Crippen LogP contribution in [-0.4, -0.2) is 34.9 Å². The molecule has 0 radical (unpaired) electrons. The summed E-state index contributed by atoms with van der Waals surface area (Å²) >= 11 is 6.58. The van der Waals surface area contributed by atoms with Crippen molar-refractivity contribution in [3.05, 3.63) is 65.1 Å². The Balaban J connectivity index is 1.64. The first-order valence-electron chi connectivity index (χ1n) is 8.34. The fourth-order valence-electron chi connectivity index (χ4n) is 2.47. The fourth-order valence-corrected chi connectivity index (χ4v) is 3.85. The zero-order chi connectivity index (χ0) is 18.4. The van der Waals surface area contributed by atoms with Crippen LogP contribution in [0.15, 0.2) is 59.5 Å². The maximum absolute atomic E-state index is 12.4. The third kappa shape index (κ3) is 4.45. The van der Waals surface area contributed by atoms with Gasteiger partial charge in [0.2, 0.25) is 0 Å². The average molecular weight is 386 g/mol. The molecule has 0 bridgehead atoms. The van der Waals surface area contributed by atoms with Crippen LogP contribution in [0.2, 0.25) is 0 Å². The molecule has 2 aromatic rings. The number of thioether (sulfide) groups is 1. The highest BCUT2D eigenvalue weighted by Crippen LogP contribution is 2.33. The molecule has 0 saturated carbocycles. The van der Waals surface area contributed by atoms with Crippen LogP contribution >= 0.6 is 24.0 Å². The van der Waals surface area contributed by atoms with Crippen LogP contribution in [-0.2, 0) is 4.79 Å². The molecule has 0 aromatic heterocycles. The molecule has 6 heteroatoms. The summed E-state index contributed by atoms with van der Waals surface area (Å²) in [5, 5.41) is 0. The molecule has 0 unspecified atom stereocenters. The Morgan fingerprint density at radius 3 is 2.46 bits per heavy atom. The highest BCUT2D eigenvalue weighted by atomic mass is 32.2. The molecule has 26 heavy (non-hydrogen) atoms. The number of amides is 1. The molecule has 1 aliphatic heterocycles. The van der Waals surface area contributed by atoms with E-state index in [9.17, 15) is 4.79 Å². The Morgan fingerprint density at radius 1 is 1.04 bits per heavy atom. The molecule has 1 amide bonds. The number of hydrogen-bond donors (Lipinski definition) is 0. The van der Waals surface area contributed by atoms with Crippen molar-refractivity contribution >= 4 is 40.3 Å². The molecule has 3 rings (SSSR count). The molecular formula is C20H19NO3S2. The predicted octanol–water partition coefficient (Wildman–Crippen LogP) is 4.37. The number of nitrogens with zero attached hydrogens (tertiary/aromatic N) is 1. The smallest absolute Gasteiger partial charge is 0.266 e. The molecule has 0 atom stereocenters. The Labute approximate surface area is 162 Å². The summed E-state index contributed by atoms with van der Waals surface area (Å²) < 4.78 is 12.1. The first-order valence-corrected chi connectivity index (χ1v) is 9.56. The number of carbonyl (C=O) groups excluding carboxylic acids is 1. The van der Waals surface area contributed by atoms with Gasteiger partial charge in [0.25, 0.3) is 5.91 Å². The maximum atomic E-state index is 12.4. The Kier molecular flexibility index (Phi) is 6.30. The first kappa shape index (κ1) is 18.5. The molecule has 2 aromatic carbocycles. The molecule has 1 saturated heterocycles. The van der Waals surface area contributed by atoms with Crippen molar-refractivity contribution in [1.82, 2.24) is 4.90 Å². The molecule has 1 heterocycles. The maximum Gasteiger partial charge on any atom is 0.266 e. The van der Waals surface area contributed by atoms with Crippen LogP contribution in [0.4, 0.5) is 0 Å². The highest BCUT2D eigenvalue weighted by molar-refractivity contribution is 8.26. The Hall–Kier alpha value is -2.31. The van der Waals surface area contributed by atoms with Crippen LogP contribution in [0, 0.1) is 0 Å². The second kappa shape index (κ2) is 8.87. The lowest BCUT2D eigenvalue weighted by Gasteiger charge is -2.11. The van der Waals surface area contributed by atoms with Gasteiger partial charge in [-0.3, -0.25) is 9.69 Å². The summed E-state index contributed by atoms with van der Waals surface area (Å²) in [5.41, 5.74) is 0.851. The Morgan fingerprint density at radius 2 is 1.73 bits per heavy atom. The number of carbonyl (C=O) groups is 1. The summed E-state index contributed by atoms with van der Waals surface area (Å²) in [7, 11) is 0. The quantitative estimate of drug-likeness (QED) is 0.402. The first-order chi connectivity index (χ1) is 12.7. The number of hydrogen-bond acceptors (Lipinski definition) is 5. The summed E-state index contributed by atoms with van der Waals surface area (Å²) in [6.45, 7) is 3.35. The zero-order valence-electron chi connectivity index (χ0n) is 14.4. The van der Waals surface area contributed by atoms with E-state index in [4.69, 9.17) is 21.7 Å². The van der Waals surface area contributed by atoms with Crippen LogP contribution in [0.25, 0.3) is 6.08 Å². The summed E-state index contributed by atoms with van der Waals surface area (Å²) in [6.07, 6.45) is 1.84. The minimum Gasteiger partial charge on any atom is -0.490 e. The van der Waals surface area contributed by atoms with Gasteiger partial charge in [-0.2, -0.15) is 0 Å². The van der Waals surface area contributed by atoms with Crippen LogP contribution in [0.1, 0.15) is 12.5 Å². The molecule has 0 N–H and O–H groups in total. The number of ether oxygens (including phenoxy) is 2. The van der Waals surface area contributed by atoms with Crippen LogP contribution in [0.3, 0.4) is 0 Å². The van der Waals surface area contributed by atoms with E-state index in [1.165, 1.54) is 11.8 Å². The Bertz CT molecular complexity index is 821. The van der Waals surface area contributed by atoms with Crippen molar-refractivity contribution in [1.29, 1.82) is 0 Å². The van der Waals surface area contributed by atoms with Crippen molar-refractivity contribution in [3.8, 4) is 11.5 Å². The molecule has 1 fully saturated rings. The van der Waals surface area contributed by atoms with Crippen LogP contribution in [0.5, 0.6) is 11.5 Å². The lowest BCUT2D eigenvalue weighted by Crippen LogP contribution is -2.27. The average Bonchev–Trinajstić information content (AvgIpc) is 2.93. The molecular weight excluding hydrogens is 366 g/mol. The third-order valence-corrected chi connectivity index (χ3v) is 5.13. The topological polar surface area (TPSA) is 38.8 Å². The predicted molar refractivity (Wildman–Crippen MR) is 109 cm³/mol. The van der Waals surface area contributed by atoms with Crippen molar-refractivity contribution in [2.24, 2.45) is 0 Å². The normalized spacial score (nSPS) is 15.6. The second-order valence-corrected chi connectivity index (χ2v) is 7.15. The fraction of sp³-hybridized carbons (Fsp3) is 0.200. The number of likely N-dealkylation sites (N-methyl/N-ethyl adjacent to an activating group) is 1. The number of benzene rings is 2.